The van der Waals surface area contributed by atoms with Crippen LogP contribution in [0, 0.1) is 6.92 Å². The van der Waals surface area contributed by atoms with Crippen molar-refractivity contribution < 1.29 is 9.47 Å². The van der Waals surface area contributed by atoms with Crippen molar-refractivity contribution in [2.45, 2.75) is 25.0 Å². The number of fused-ring (bicyclic) bond motifs is 2. The summed E-state index contributed by atoms with van der Waals surface area (Å²) in [4.78, 5) is 0. The van der Waals surface area contributed by atoms with Crippen LogP contribution in [0.5, 0.6) is 5.75 Å². The predicted octanol–water partition coefficient (Wildman–Crippen LogP) is 1.59. The first-order chi connectivity index (χ1) is 7.73. The van der Waals surface area contributed by atoms with Gasteiger partial charge in [0.25, 0.3) is 0 Å². The van der Waals surface area contributed by atoms with E-state index in [4.69, 9.17) is 9.47 Å². The zero-order valence-corrected chi connectivity index (χ0v) is 9.75. The van der Waals surface area contributed by atoms with Gasteiger partial charge < -0.3 is 14.8 Å². The molecule has 0 aromatic heterocycles. The van der Waals surface area contributed by atoms with Crippen LogP contribution in [0.4, 0.5) is 0 Å². The van der Waals surface area contributed by atoms with Gasteiger partial charge in [0.15, 0.2) is 0 Å². The van der Waals surface area contributed by atoms with Gasteiger partial charge in [0.05, 0.1) is 13.7 Å². The summed E-state index contributed by atoms with van der Waals surface area (Å²) in [6, 6.07) is 6.92. The van der Waals surface area contributed by atoms with E-state index in [9.17, 15) is 0 Å². The Morgan fingerprint density at radius 1 is 1.50 bits per heavy atom. The van der Waals surface area contributed by atoms with Gasteiger partial charge in [-0.2, -0.15) is 0 Å². The summed E-state index contributed by atoms with van der Waals surface area (Å²) in [6.45, 7) is 3.81. The van der Waals surface area contributed by atoms with Crippen LogP contribution in [0.2, 0.25) is 0 Å². The SMILES string of the molecule is COc1cc(C23CNC(CO2)C3)ccc1C. The van der Waals surface area contributed by atoms with E-state index < -0.39 is 0 Å². The fourth-order valence-electron chi connectivity index (χ4n) is 2.75. The second-order valence-corrected chi connectivity index (χ2v) is 4.77. The molecule has 1 N–H and O–H groups in total. The number of nitrogens with one attached hydrogen (secondary N) is 1. The van der Waals surface area contributed by atoms with E-state index in [0.717, 1.165) is 25.3 Å². The van der Waals surface area contributed by atoms with Gasteiger partial charge in [-0.1, -0.05) is 12.1 Å². The molecule has 16 heavy (non-hydrogen) atoms. The monoisotopic (exact) mass is 219 g/mol. The van der Waals surface area contributed by atoms with E-state index in [1.54, 1.807) is 7.11 Å². The molecule has 0 spiro atoms. The van der Waals surface area contributed by atoms with Gasteiger partial charge in [-0.15, -0.1) is 0 Å². The lowest BCUT2D eigenvalue weighted by Crippen LogP contribution is -2.37. The summed E-state index contributed by atoms with van der Waals surface area (Å²) in [5, 5.41) is 3.48. The zero-order chi connectivity index (χ0) is 11.2. The van der Waals surface area contributed by atoms with Gasteiger partial charge >= 0.3 is 0 Å². The number of hydrogen-bond acceptors (Lipinski definition) is 3. The number of aryl methyl sites for hydroxylation is 1. The normalized spacial score (nSPS) is 32.0. The molecule has 2 fully saturated rings. The minimum absolute atomic E-state index is 0.106. The minimum atomic E-state index is -0.106. The second kappa shape index (κ2) is 3.47. The van der Waals surface area contributed by atoms with Crippen molar-refractivity contribution in [3.05, 3.63) is 29.3 Å². The Labute approximate surface area is 95.8 Å². The van der Waals surface area contributed by atoms with Gasteiger partial charge in [0.2, 0.25) is 0 Å². The lowest BCUT2D eigenvalue weighted by molar-refractivity contribution is -0.00971. The van der Waals surface area contributed by atoms with E-state index in [-0.39, 0.29) is 5.60 Å². The number of hydrogen-bond donors (Lipinski definition) is 1. The van der Waals surface area contributed by atoms with Crippen molar-refractivity contribution in [3.63, 3.8) is 0 Å². The van der Waals surface area contributed by atoms with Gasteiger partial charge in [0.1, 0.15) is 11.4 Å². The first kappa shape index (κ1) is 10.1. The summed E-state index contributed by atoms with van der Waals surface area (Å²) in [5.41, 5.74) is 2.30. The fraction of sp³-hybridized carbons (Fsp3) is 0.538. The highest BCUT2D eigenvalue weighted by Gasteiger charge is 2.47. The number of benzene rings is 1. The van der Waals surface area contributed by atoms with Crippen LogP contribution in [-0.4, -0.2) is 26.3 Å². The van der Waals surface area contributed by atoms with E-state index in [2.05, 4.69) is 30.4 Å². The Kier molecular flexibility index (Phi) is 2.19. The molecule has 2 atom stereocenters. The van der Waals surface area contributed by atoms with Crippen molar-refractivity contribution in [1.29, 1.82) is 0 Å². The largest absolute Gasteiger partial charge is 0.496 e. The third-order valence-electron chi connectivity index (χ3n) is 3.75. The summed E-state index contributed by atoms with van der Waals surface area (Å²) < 4.78 is 11.3. The Morgan fingerprint density at radius 3 is 2.94 bits per heavy atom. The van der Waals surface area contributed by atoms with Crippen molar-refractivity contribution in [1.82, 2.24) is 5.32 Å². The molecule has 0 aliphatic carbocycles. The van der Waals surface area contributed by atoms with Crippen LogP contribution >= 0.6 is 0 Å². The molecule has 2 saturated heterocycles. The van der Waals surface area contributed by atoms with Crippen molar-refractivity contribution in [3.8, 4) is 5.75 Å². The zero-order valence-electron chi connectivity index (χ0n) is 9.75. The summed E-state index contributed by atoms with van der Waals surface area (Å²) in [7, 11) is 1.72. The van der Waals surface area contributed by atoms with Gasteiger partial charge in [-0.25, -0.2) is 0 Å². The molecule has 0 radical (unpaired) electrons. The quantitative estimate of drug-likeness (QED) is 0.819. The molecular formula is C13H17NO2. The lowest BCUT2D eigenvalue weighted by Gasteiger charge is -2.27. The van der Waals surface area contributed by atoms with Crippen molar-refractivity contribution in [2.75, 3.05) is 20.3 Å². The molecule has 2 unspecified atom stereocenters. The van der Waals surface area contributed by atoms with Crippen molar-refractivity contribution in [2.24, 2.45) is 0 Å². The molecule has 0 saturated carbocycles. The Bertz CT molecular complexity index is 408. The Morgan fingerprint density at radius 2 is 2.38 bits per heavy atom. The fourth-order valence-corrected chi connectivity index (χ4v) is 2.75. The maximum Gasteiger partial charge on any atom is 0.122 e. The average Bonchev–Trinajstić information content (AvgIpc) is 2.90. The topological polar surface area (TPSA) is 30.5 Å². The summed E-state index contributed by atoms with van der Waals surface area (Å²) in [5.74, 6) is 0.950. The van der Waals surface area contributed by atoms with Crippen molar-refractivity contribution >= 4 is 0 Å². The van der Waals surface area contributed by atoms with E-state index >= 15 is 0 Å². The Balaban J connectivity index is 2.00. The molecule has 2 aliphatic rings. The summed E-state index contributed by atoms with van der Waals surface area (Å²) in [6.07, 6.45) is 1.08. The predicted molar refractivity (Wildman–Crippen MR) is 61.8 cm³/mol. The molecule has 86 valence electrons. The van der Waals surface area contributed by atoms with Crippen LogP contribution in [0.15, 0.2) is 18.2 Å². The number of ether oxygens (including phenoxy) is 2. The minimum Gasteiger partial charge on any atom is -0.496 e. The molecule has 3 heteroatoms. The second-order valence-electron chi connectivity index (χ2n) is 4.77. The molecule has 0 amide bonds. The molecule has 2 aliphatic heterocycles. The first-order valence-electron chi connectivity index (χ1n) is 5.76. The first-order valence-corrected chi connectivity index (χ1v) is 5.76. The molecule has 3 rings (SSSR count). The Hall–Kier alpha value is -1.06. The number of rotatable bonds is 2. The highest BCUT2D eigenvalue weighted by molar-refractivity contribution is 5.40. The number of morpholine rings is 1. The van der Waals surface area contributed by atoms with E-state index in [0.29, 0.717) is 6.04 Å². The molecule has 1 aromatic carbocycles. The third-order valence-corrected chi connectivity index (χ3v) is 3.75. The maximum absolute atomic E-state index is 5.95. The van der Waals surface area contributed by atoms with Crippen LogP contribution in [0.1, 0.15) is 17.5 Å². The van der Waals surface area contributed by atoms with E-state index in [1.807, 2.05) is 0 Å². The van der Waals surface area contributed by atoms with Crippen LogP contribution in [-0.2, 0) is 10.3 Å². The summed E-state index contributed by atoms with van der Waals surface area (Å²) >= 11 is 0. The lowest BCUT2D eigenvalue weighted by atomic mass is 9.92. The maximum atomic E-state index is 5.95. The smallest absolute Gasteiger partial charge is 0.122 e. The van der Waals surface area contributed by atoms with Crippen LogP contribution < -0.4 is 10.1 Å². The standard InChI is InChI=1S/C13H17NO2/c1-9-3-4-10(5-12(9)15-2)13-6-11(7-16-13)14-8-13/h3-5,11,14H,6-8H2,1-2H3. The molecular weight excluding hydrogens is 202 g/mol. The molecule has 1 aromatic rings. The van der Waals surface area contributed by atoms with Crippen LogP contribution in [0.3, 0.4) is 0 Å². The van der Waals surface area contributed by atoms with Crippen LogP contribution in [0.25, 0.3) is 0 Å². The number of methoxy groups -OCH3 is 1. The molecule has 2 bridgehead atoms. The average molecular weight is 219 g/mol. The highest BCUT2D eigenvalue weighted by atomic mass is 16.5. The van der Waals surface area contributed by atoms with Gasteiger partial charge in [0, 0.05) is 12.6 Å². The third kappa shape index (κ3) is 1.35. The molecule has 3 nitrogen and oxygen atoms in total. The highest BCUT2D eigenvalue weighted by Crippen LogP contribution is 2.41. The molecule has 2 heterocycles. The van der Waals surface area contributed by atoms with E-state index in [1.165, 1.54) is 11.1 Å². The van der Waals surface area contributed by atoms with Gasteiger partial charge in [-0.05, 0) is 30.5 Å². The van der Waals surface area contributed by atoms with Gasteiger partial charge in [-0.3, -0.25) is 0 Å².